The van der Waals surface area contributed by atoms with Crippen molar-refractivity contribution in [3.05, 3.63) is 47.5 Å². The lowest BCUT2D eigenvalue weighted by Crippen LogP contribution is -2.41. The van der Waals surface area contributed by atoms with Crippen LogP contribution >= 0.6 is 0 Å². The Balaban J connectivity index is 1.76. The van der Waals surface area contributed by atoms with Crippen LogP contribution in [0.5, 0.6) is 0 Å². The van der Waals surface area contributed by atoms with E-state index >= 15 is 0 Å². The molecule has 24 heavy (non-hydrogen) atoms. The van der Waals surface area contributed by atoms with Crippen LogP contribution in [0.4, 0.5) is 10.1 Å². The summed E-state index contributed by atoms with van der Waals surface area (Å²) in [5.74, 6) is -1.66. The molecule has 1 aliphatic heterocycles. The van der Waals surface area contributed by atoms with Crippen LogP contribution in [0.15, 0.2) is 30.6 Å². The molecule has 122 valence electrons. The summed E-state index contributed by atoms with van der Waals surface area (Å²) in [5, 5.41) is 15.6. The minimum absolute atomic E-state index is 0.0786. The van der Waals surface area contributed by atoms with E-state index in [2.05, 4.69) is 10.4 Å². The number of halogens is 1. The number of nitriles is 1. The first-order valence-electron chi connectivity index (χ1n) is 7.30. The zero-order valence-corrected chi connectivity index (χ0v) is 12.9. The number of hydrogen-bond acceptors (Lipinski definition) is 4. The average molecular weight is 327 g/mol. The van der Waals surface area contributed by atoms with E-state index in [0.29, 0.717) is 18.7 Å². The second-order valence-corrected chi connectivity index (χ2v) is 5.45. The molecule has 7 nitrogen and oxygen atoms in total. The lowest BCUT2D eigenvalue weighted by molar-refractivity contribution is -0.118. The minimum Gasteiger partial charge on any atom is -0.340 e. The van der Waals surface area contributed by atoms with E-state index < -0.39 is 17.8 Å². The predicted molar refractivity (Wildman–Crippen MR) is 82.5 cm³/mol. The van der Waals surface area contributed by atoms with E-state index in [1.54, 1.807) is 30.2 Å². The molecule has 1 saturated heterocycles. The van der Waals surface area contributed by atoms with E-state index in [9.17, 15) is 14.0 Å². The molecule has 0 radical (unpaired) electrons. The van der Waals surface area contributed by atoms with Gasteiger partial charge in [-0.1, -0.05) is 6.07 Å². The fraction of sp³-hybridized carbons (Fsp3) is 0.250. The van der Waals surface area contributed by atoms with E-state index in [-0.39, 0.29) is 17.0 Å². The van der Waals surface area contributed by atoms with Crippen LogP contribution in [0.2, 0.25) is 0 Å². The first kappa shape index (κ1) is 15.7. The fourth-order valence-corrected chi connectivity index (χ4v) is 2.68. The van der Waals surface area contributed by atoms with Crippen LogP contribution < -0.4 is 10.2 Å². The van der Waals surface area contributed by atoms with Gasteiger partial charge in [0.15, 0.2) is 0 Å². The molecular formula is C16H14FN5O2. The molecule has 0 aliphatic carbocycles. The maximum absolute atomic E-state index is 13.6. The largest absolute Gasteiger partial charge is 0.340 e. The Morgan fingerprint density at radius 2 is 2.29 bits per heavy atom. The highest BCUT2D eigenvalue weighted by Gasteiger charge is 2.34. The third kappa shape index (κ3) is 2.72. The van der Waals surface area contributed by atoms with Crippen LogP contribution in [0.3, 0.4) is 0 Å². The molecule has 0 spiro atoms. The van der Waals surface area contributed by atoms with Crippen molar-refractivity contribution in [2.45, 2.75) is 12.5 Å². The summed E-state index contributed by atoms with van der Waals surface area (Å²) in [5.41, 5.74) is 0.248. The molecule has 0 saturated carbocycles. The zero-order valence-electron chi connectivity index (χ0n) is 12.9. The van der Waals surface area contributed by atoms with Crippen LogP contribution in [0, 0.1) is 17.1 Å². The van der Waals surface area contributed by atoms with Crippen molar-refractivity contribution < 1.29 is 14.0 Å². The fourth-order valence-electron chi connectivity index (χ4n) is 2.68. The van der Waals surface area contributed by atoms with Gasteiger partial charge in [-0.25, -0.2) is 4.39 Å². The molecule has 2 aromatic rings. The Kier molecular flexibility index (Phi) is 4.00. The van der Waals surface area contributed by atoms with Crippen molar-refractivity contribution in [2.24, 2.45) is 7.05 Å². The maximum atomic E-state index is 13.6. The molecule has 0 bridgehead atoms. The number of carbonyl (C=O) groups excluding carboxylic acids is 2. The van der Waals surface area contributed by atoms with E-state index in [4.69, 9.17) is 5.26 Å². The van der Waals surface area contributed by atoms with Gasteiger partial charge in [-0.15, -0.1) is 0 Å². The first-order valence-corrected chi connectivity index (χ1v) is 7.30. The van der Waals surface area contributed by atoms with Gasteiger partial charge in [0.2, 0.25) is 5.91 Å². The van der Waals surface area contributed by atoms with Crippen LogP contribution in [-0.4, -0.2) is 34.2 Å². The Labute approximate surface area is 137 Å². The summed E-state index contributed by atoms with van der Waals surface area (Å²) >= 11 is 0. The predicted octanol–water partition coefficient (Wildman–Crippen LogP) is 0.966. The van der Waals surface area contributed by atoms with E-state index in [0.717, 1.165) is 6.07 Å². The number of anilines is 1. The van der Waals surface area contributed by atoms with Gasteiger partial charge in [-0.2, -0.15) is 10.4 Å². The Morgan fingerprint density at radius 3 is 2.96 bits per heavy atom. The summed E-state index contributed by atoms with van der Waals surface area (Å²) in [4.78, 5) is 26.3. The Morgan fingerprint density at radius 1 is 1.50 bits per heavy atom. The molecule has 1 N–H and O–H groups in total. The Bertz CT molecular complexity index is 854. The average Bonchev–Trinajstić information content (AvgIpc) is 3.13. The number of amides is 2. The highest BCUT2D eigenvalue weighted by Crippen LogP contribution is 2.21. The number of hydrogen-bond donors (Lipinski definition) is 1. The molecule has 8 heteroatoms. The summed E-state index contributed by atoms with van der Waals surface area (Å²) in [7, 11) is 1.75. The monoisotopic (exact) mass is 327 g/mol. The van der Waals surface area contributed by atoms with Gasteiger partial charge in [0.05, 0.1) is 17.4 Å². The quantitative estimate of drug-likeness (QED) is 0.909. The molecule has 1 aliphatic rings. The molecule has 1 fully saturated rings. The Hall–Kier alpha value is -3.21. The maximum Gasteiger partial charge on any atom is 0.253 e. The summed E-state index contributed by atoms with van der Waals surface area (Å²) in [6.45, 7) is 0.448. The van der Waals surface area contributed by atoms with Crippen molar-refractivity contribution >= 4 is 17.5 Å². The highest BCUT2D eigenvalue weighted by molar-refractivity contribution is 6.04. The van der Waals surface area contributed by atoms with E-state index in [1.165, 1.54) is 17.0 Å². The van der Waals surface area contributed by atoms with Crippen LogP contribution in [0.25, 0.3) is 0 Å². The molecule has 2 heterocycles. The molecule has 3 rings (SSSR count). The molecule has 1 aromatic heterocycles. The topological polar surface area (TPSA) is 91.0 Å². The van der Waals surface area contributed by atoms with Crippen molar-refractivity contribution in [1.29, 1.82) is 5.26 Å². The van der Waals surface area contributed by atoms with Gasteiger partial charge < -0.3 is 10.2 Å². The smallest absolute Gasteiger partial charge is 0.253 e. The number of benzene rings is 1. The van der Waals surface area contributed by atoms with Gasteiger partial charge in [-0.05, 0) is 18.6 Å². The highest BCUT2D eigenvalue weighted by atomic mass is 19.1. The van der Waals surface area contributed by atoms with Crippen molar-refractivity contribution in [1.82, 2.24) is 15.1 Å². The number of carbonyl (C=O) groups is 2. The normalized spacial score (nSPS) is 17.0. The number of nitrogens with zero attached hydrogens (tertiary/aromatic N) is 4. The number of aryl methyl sites for hydroxylation is 1. The number of aromatic nitrogens is 2. The second kappa shape index (κ2) is 6.12. The van der Waals surface area contributed by atoms with Crippen LogP contribution in [0.1, 0.15) is 22.3 Å². The van der Waals surface area contributed by atoms with Crippen LogP contribution in [-0.2, 0) is 11.8 Å². The van der Waals surface area contributed by atoms with Gasteiger partial charge in [0.25, 0.3) is 5.91 Å². The third-order valence-electron chi connectivity index (χ3n) is 3.88. The minimum atomic E-state index is -0.764. The summed E-state index contributed by atoms with van der Waals surface area (Å²) in [6.07, 6.45) is 3.71. The SMILES string of the molecule is Cn1cc(N2CCC(NC(=O)c3cccc(F)c3C#N)C2=O)cn1. The second-order valence-electron chi connectivity index (χ2n) is 5.45. The molecule has 1 unspecified atom stereocenters. The van der Waals surface area contributed by atoms with Gasteiger partial charge >= 0.3 is 0 Å². The lowest BCUT2D eigenvalue weighted by Gasteiger charge is -2.15. The third-order valence-corrected chi connectivity index (χ3v) is 3.88. The van der Waals surface area contributed by atoms with Gasteiger partial charge in [0, 0.05) is 19.8 Å². The van der Waals surface area contributed by atoms with Crippen molar-refractivity contribution in [2.75, 3.05) is 11.4 Å². The lowest BCUT2D eigenvalue weighted by atomic mass is 10.1. The van der Waals surface area contributed by atoms with Crippen molar-refractivity contribution in [3.8, 4) is 6.07 Å². The standard InChI is InChI=1S/C16H14FN5O2/c1-21-9-10(8-19-21)22-6-5-14(16(22)24)20-15(23)11-3-2-4-13(17)12(11)7-18/h2-4,8-9,14H,5-6H2,1H3,(H,20,23). The van der Waals surface area contributed by atoms with Crippen molar-refractivity contribution in [3.63, 3.8) is 0 Å². The number of nitrogens with one attached hydrogen (secondary N) is 1. The molecule has 2 amide bonds. The van der Waals surface area contributed by atoms with Gasteiger partial charge in [0.1, 0.15) is 23.5 Å². The van der Waals surface area contributed by atoms with Gasteiger partial charge in [-0.3, -0.25) is 14.3 Å². The number of rotatable bonds is 3. The zero-order chi connectivity index (χ0) is 17.3. The molecular weight excluding hydrogens is 313 g/mol. The molecule has 1 atom stereocenters. The molecule has 1 aromatic carbocycles. The van der Waals surface area contributed by atoms with E-state index in [1.807, 2.05) is 0 Å². The summed E-state index contributed by atoms with van der Waals surface area (Å²) < 4.78 is 15.2. The summed E-state index contributed by atoms with van der Waals surface area (Å²) in [6, 6.07) is 4.78. The first-order chi connectivity index (χ1) is 11.5.